The number of nitrogens with one attached hydrogen (secondary N) is 1. The van der Waals surface area contributed by atoms with Crippen molar-refractivity contribution in [2.24, 2.45) is 11.8 Å². The zero-order chi connectivity index (χ0) is 12.9. The first-order chi connectivity index (χ1) is 8.59. The van der Waals surface area contributed by atoms with Crippen LogP contribution >= 0.6 is 0 Å². The molecule has 0 aromatic rings. The van der Waals surface area contributed by atoms with Gasteiger partial charge in [-0.1, -0.05) is 12.2 Å². The van der Waals surface area contributed by atoms with E-state index in [1.54, 1.807) is 0 Å². The maximum atomic E-state index is 12.2. The minimum atomic E-state index is -0.942. The maximum absolute atomic E-state index is 12.2. The van der Waals surface area contributed by atoms with Crippen LogP contribution in [-0.2, 0) is 19.2 Å². The molecule has 2 fully saturated rings. The topological polar surface area (TPSA) is 83.6 Å². The Morgan fingerprint density at radius 2 is 1.56 bits per heavy atom. The lowest BCUT2D eigenvalue weighted by molar-refractivity contribution is -0.146. The van der Waals surface area contributed by atoms with E-state index in [1.807, 2.05) is 12.2 Å². The average molecular weight is 248 g/mol. The molecule has 0 saturated carbocycles. The molecule has 0 bridgehead atoms. The van der Waals surface area contributed by atoms with Crippen LogP contribution in [0.15, 0.2) is 12.2 Å². The van der Waals surface area contributed by atoms with E-state index in [9.17, 15) is 19.2 Å². The molecule has 3 rings (SSSR count). The smallest absolute Gasteiger partial charge is 0.250 e. The average Bonchev–Trinajstić information content (AvgIpc) is 2.79. The van der Waals surface area contributed by atoms with Crippen molar-refractivity contribution in [3.05, 3.63) is 12.2 Å². The van der Waals surface area contributed by atoms with Gasteiger partial charge in [-0.05, 0) is 12.8 Å². The largest absolute Gasteiger partial charge is 0.295 e. The van der Waals surface area contributed by atoms with E-state index in [0.29, 0.717) is 12.8 Å². The minimum absolute atomic E-state index is 0.108. The molecule has 2 aliphatic heterocycles. The van der Waals surface area contributed by atoms with Crippen LogP contribution in [0.25, 0.3) is 0 Å². The fourth-order valence-electron chi connectivity index (χ4n) is 2.88. The number of hydrogen-bond donors (Lipinski definition) is 1. The second-order valence-electron chi connectivity index (χ2n) is 4.83. The second kappa shape index (κ2) is 3.76. The summed E-state index contributed by atoms with van der Waals surface area (Å²) < 4.78 is 0. The van der Waals surface area contributed by atoms with E-state index >= 15 is 0 Å². The first-order valence-corrected chi connectivity index (χ1v) is 5.95. The van der Waals surface area contributed by atoms with E-state index < -0.39 is 17.9 Å². The van der Waals surface area contributed by atoms with Gasteiger partial charge in [-0.25, -0.2) is 0 Å². The van der Waals surface area contributed by atoms with E-state index in [-0.39, 0.29) is 30.1 Å². The van der Waals surface area contributed by atoms with E-state index in [0.717, 1.165) is 4.90 Å². The molecule has 1 aliphatic carbocycles. The molecule has 2 heterocycles. The van der Waals surface area contributed by atoms with Gasteiger partial charge < -0.3 is 0 Å². The number of rotatable bonds is 1. The quantitative estimate of drug-likeness (QED) is 0.494. The number of amides is 4. The molecule has 0 aromatic carbocycles. The fraction of sp³-hybridized carbons (Fsp3) is 0.500. The molecule has 6 heteroatoms. The van der Waals surface area contributed by atoms with E-state index in [2.05, 4.69) is 5.32 Å². The van der Waals surface area contributed by atoms with Crippen LogP contribution in [-0.4, -0.2) is 34.6 Å². The summed E-state index contributed by atoms with van der Waals surface area (Å²) in [5, 5.41) is 2.13. The van der Waals surface area contributed by atoms with Gasteiger partial charge >= 0.3 is 0 Å². The number of likely N-dealkylation sites (tertiary alicyclic amines) is 1. The number of nitrogens with zero attached hydrogens (tertiary/aromatic N) is 1. The van der Waals surface area contributed by atoms with Crippen LogP contribution in [0, 0.1) is 11.8 Å². The van der Waals surface area contributed by atoms with Gasteiger partial charge in [0.15, 0.2) is 0 Å². The highest BCUT2D eigenvalue weighted by atomic mass is 16.2. The summed E-state index contributed by atoms with van der Waals surface area (Å²) in [5.74, 6) is -2.32. The number of imide groups is 2. The number of carbonyl (C=O) groups excluding carboxylic acids is 4. The van der Waals surface area contributed by atoms with Crippen molar-refractivity contribution in [1.29, 1.82) is 0 Å². The fourth-order valence-corrected chi connectivity index (χ4v) is 2.88. The van der Waals surface area contributed by atoms with Gasteiger partial charge in [-0.3, -0.25) is 29.4 Å². The molecular weight excluding hydrogens is 236 g/mol. The molecular formula is C12H12N2O4. The second-order valence-corrected chi connectivity index (χ2v) is 4.83. The molecule has 2 saturated heterocycles. The zero-order valence-electron chi connectivity index (χ0n) is 9.59. The Bertz CT molecular complexity index is 470. The molecule has 0 spiro atoms. The van der Waals surface area contributed by atoms with Crippen LogP contribution in [0.2, 0.25) is 0 Å². The molecule has 0 aromatic heterocycles. The Morgan fingerprint density at radius 3 is 2.00 bits per heavy atom. The van der Waals surface area contributed by atoms with Crippen LogP contribution in [0.1, 0.15) is 19.3 Å². The number of allylic oxidation sites excluding steroid dienone is 2. The van der Waals surface area contributed by atoms with Crippen LogP contribution in [0.3, 0.4) is 0 Å². The lowest BCUT2D eigenvalue weighted by atomic mass is 9.85. The lowest BCUT2D eigenvalue weighted by Gasteiger charge is -2.19. The van der Waals surface area contributed by atoms with Gasteiger partial charge in [0.25, 0.3) is 0 Å². The normalized spacial score (nSPS) is 35.1. The molecule has 18 heavy (non-hydrogen) atoms. The van der Waals surface area contributed by atoms with Crippen LogP contribution < -0.4 is 5.32 Å². The summed E-state index contributed by atoms with van der Waals surface area (Å²) in [6.45, 7) is 0. The minimum Gasteiger partial charge on any atom is -0.295 e. The third kappa shape index (κ3) is 1.41. The summed E-state index contributed by atoms with van der Waals surface area (Å²) >= 11 is 0. The molecule has 3 unspecified atom stereocenters. The monoisotopic (exact) mass is 248 g/mol. The molecule has 4 amide bonds. The summed E-state index contributed by atoms with van der Waals surface area (Å²) in [7, 11) is 0. The third-order valence-corrected chi connectivity index (χ3v) is 3.80. The Kier molecular flexibility index (Phi) is 2.33. The molecule has 3 aliphatic rings. The summed E-state index contributed by atoms with van der Waals surface area (Å²) in [5.41, 5.74) is 0. The molecule has 6 nitrogen and oxygen atoms in total. The van der Waals surface area contributed by atoms with Crippen molar-refractivity contribution in [3.8, 4) is 0 Å². The standard InChI is InChI=1S/C12H12N2O4/c15-9-5-8(10(16)13-9)14-11(17)6-3-1-2-4-7(6)12(14)18/h1-2,6-8H,3-5H2,(H,13,15,16). The molecule has 1 N–H and O–H groups in total. The van der Waals surface area contributed by atoms with Gasteiger partial charge in [0.2, 0.25) is 23.6 Å². The SMILES string of the molecule is O=C1CC(N2C(=O)C3CC=CCC3C2=O)C(=O)N1. The van der Waals surface area contributed by atoms with Crippen molar-refractivity contribution in [2.75, 3.05) is 0 Å². The highest BCUT2D eigenvalue weighted by Gasteiger charge is 2.52. The third-order valence-electron chi connectivity index (χ3n) is 3.80. The lowest BCUT2D eigenvalue weighted by Crippen LogP contribution is -2.44. The highest BCUT2D eigenvalue weighted by Crippen LogP contribution is 2.36. The van der Waals surface area contributed by atoms with Crippen LogP contribution in [0.5, 0.6) is 0 Å². The number of fused-ring (bicyclic) bond motifs is 1. The summed E-state index contributed by atoms with van der Waals surface area (Å²) in [4.78, 5) is 48.1. The van der Waals surface area contributed by atoms with Gasteiger partial charge in [-0.15, -0.1) is 0 Å². The van der Waals surface area contributed by atoms with Gasteiger partial charge in [0.1, 0.15) is 6.04 Å². The van der Waals surface area contributed by atoms with Crippen LogP contribution in [0.4, 0.5) is 0 Å². The molecule has 3 atom stereocenters. The number of carbonyl (C=O) groups is 4. The van der Waals surface area contributed by atoms with Gasteiger partial charge in [0, 0.05) is 0 Å². The Balaban J connectivity index is 1.90. The van der Waals surface area contributed by atoms with E-state index in [4.69, 9.17) is 0 Å². The highest BCUT2D eigenvalue weighted by molar-refractivity contribution is 6.13. The van der Waals surface area contributed by atoms with Crippen molar-refractivity contribution < 1.29 is 19.2 Å². The van der Waals surface area contributed by atoms with Gasteiger partial charge in [-0.2, -0.15) is 0 Å². The predicted molar refractivity (Wildman–Crippen MR) is 58.8 cm³/mol. The maximum Gasteiger partial charge on any atom is 0.250 e. The summed E-state index contributed by atoms with van der Waals surface area (Å²) in [6, 6.07) is -0.942. The van der Waals surface area contributed by atoms with Crippen molar-refractivity contribution >= 4 is 23.6 Å². The predicted octanol–water partition coefficient (Wildman–Crippen LogP) is -0.647. The number of hydrogen-bond acceptors (Lipinski definition) is 4. The first-order valence-electron chi connectivity index (χ1n) is 5.95. The zero-order valence-corrected chi connectivity index (χ0v) is 9.59. The Labute approximate surface area is 103 Å². The molecule has 0 radical (unpaired) electrons. The first kappa shape index (κ1) is 11.1. The van der Waals surface area contributed by atoms with Crippen molar-refractivity contribution in [1.82, 2.24) is 10.2 Å². The van der Waals surface area contributed by atoms with Crippen molar-refractivity contribution in [2.45, 2.75) is 25.3 Å². The molecule has 94 valence electrons. The van der Waals surface area contributed by atoms with Gasteiger partial charge in [0.05, 0.1) is 18.3 Å². The summed E-state index contributed by atoms with van der Waals surface area (Å²) in [6.07, 6.45) is 4.73. The Hall–Kier alpha value is -1.98. The van der Waals surface area contributed by atoms with E-state index in [1.165, 1.54) is 0 Å². The van der Waals surface area contributed by atoms with Crippen molar-refractivity contribution in [3.63, 3.8) is 0 Å². The Morgan fingerprint density at radius 1 is 1.00 bits per heavy atom.